The van der Waals surface area contributed by atoms with Gasteiger partial charge in [0.05, 0.1) is 11.2 Å². The number of imidazole rings is 1. The monoisotopic (exact) mass is 264 g/mol. The zero-order valence-corrected chi connectivity index (χ0v) is 10.3. The molecule has 2 heterocycles. The summed E-state index contributed by atoms with van der Waals surface area (Å²) in [5.74, 6) is 1.94. The van der Waals surface area contributed by atoms with Crippen LogP contribution >= 0.6 is 15.9 Å². The van der Waals surface area contributed by atoms with Crippen LogP contribution in [0.1, 0.15) is 36.7 Å². The molecule has 15 heavy (non-hydrogen) atoms. The number of hydrogen-bond donors (Lipinski definition) is 0. The molecule has 3 rings (SSSR count). The molecule has 0 N–H and O–H groups in total. The lowest BCUT2D eigenvalue weighted by atomic mass is 9.85. The molecular formula is C12H13BrN2. The number of nitrogens with zero attached hydrogens (tertiary/aromatic N) is 2. The van der Waals surface area contributed by atoms with Gasteiger partial charge in [0.2, 0.25) is 0 Å². The number of rotatable bonds is 1. The van der Waals surface area contributed by atoms with Crippen LogP contribution in [0, 0.1) is 6.92 Å². The standard InChI is InChI=1S/C12H13BrN2/c1-8-11-7-10(13)5-6-15(11)12(14-8)9-3-2-4-9/h5-7,9H,2-4H2,1H3. The van der Waals surface area contributed by atoms with Crippen molar-refractivity contribution in [1.29, 1.82) is 0 Å². The number of aromatic nitrogens is 2. The minimum atomic E-state index is 0.687. The van der Waals surface area contributed by atoms with E-state index in [4.69, 9.17) is 4.98 Å². The summed E-state index contributed by atoms with van der Waals surface area (Å²) in [6.07, 6.45) is 6.07. The zero-order valence-electron chi connectivity index (χ0n) is 8.70. The van der Waals surface area contributed by atoms with Crippen LogP contribution in [0.3, 0.4) is 0 Å². The van der Waals surface area contributed by atoms with E-state index in [1.54, 1.807) is 0 Å². The molecule has 78 valence electrons. The fourth-order valence-corrected chi connectivity index (χ4v) is 2.53. The Morgan fingerprint density at radius 2 is 2.27 bits per heavy atom. The maximum absolute atomic E-state index is 4.70. The van der Waals surface area contributed by atoms with Crippen LogP contribution in [0.5, 0.6) is 0 Å². The smallest absolute Gasteiger partial charge is 0.116 e. The summed E-state index contributed by atoms with van der Waals surface area (Å²) < 4.78 is 3.36. The van der Waals surface area contributed by atoms with Gasteiger partial charge in [-0.3, -0.25) is 0 Å². The van der Waals surface area contributed by atoms with Crippen molar-refractivity contribution in [3.63, 3.8) is 0 Å². The van der Waals surface area contributed by atoms with Crippen molar-refractivity contribution in [1.82, 2.24) is 9.38 Å². The topological polar surface area (TPSA) is 17.3 Å². The molecule has 1 aliphatic carbocycles. The molecule has 0 aromatic carbocycles. The summed E-state index contributed by atoms with van der Waals surface area (Å²) in [4.78, 5) is 4.70. The molecular weight excluding hydrogens is 252 g/mol. The minimum Gasteiger partial charge on any atom is -0.303 e. The average molecular weight is 265 g/mol. The summed E-state index contributed by atoms with van der Waals surface area (Å²) >= 11 is 3.50. The average Bonchev–Trinajstić information content (AvgIpc) is 2.41. The lowest BCUT2D eigenvalue weighted by Gasteiger charge is -2.23. The Bertz CT molecular complexity index is 512. The fourth-order valence-electron chi connectivity index (χ4n) is 2.19. The van der Waals surface area contributed by atoms with Crippen LogP contribution in [0.4, 0.5) is 0 Å². The molecule has 0 radical (unpaired) electrons. The maximum Gasteiger partial charge on any atom is 0.116 e. The summed E-state index contributed by atoms with van der Waals surface area (Å²) in [5, 5.41) is 0. The van der Waals surface area contributed by atoms with E-state index in [-0.39, 0.29) is 0 Å². The largest absolute Gasteiger partial charge is 0.303 e. The first-order valence-corrected chi connectivity index (χ1v) is 6.19. The molecule has 1 saturated carbocycles. The Morgan fingerprint density at radius 1 is 1.47 bits per heavy atom. The van der Waals surface area contributed by atoms with E-state index in [0.29, 0.717) is 5.92 Å². The lowest BCUT2D eigenvalue weighted by molar-refractivity contribution is 0.400. The molecule has 0 unspecified atom stereocenters. The van der Waals surface area contributed by atoms with Gasteiger partial charge in [0.25, 0.3) is 0 Å². The first kappa shape index (κ1) is 9.40. The van der Waals surface area contributed by atoms with Gasteiger partial charge in [-0.2, -0.15) is 0 Å². The maximum atomic E-state index is 4.70. The first-order valence-electron chi connectivity index (χ1n) is 5.40. The number of fused-ring (bicyclic) bond motifs is 1. The molecule has 2 nitrogen and oxygen atoms in total. The second-order valence-corrected chi connectivity index (χ2v) is 5.20. The second kappa shape index (κ2) is 3.34. The van der Waals surface area contributed by atoms with Gasteiger partial charge in [-0.15, -0.1) is 0 Å². The predicted molar refractivity (Wildman–Crippen MR) is 64.2 cm³/mol. The molecule has 2 aromatic heterocycles. The number of halogens is 1. The fraction of sp³-hybridized carbons (Fsp3) is 0.417. The number of hydrogen-bond acceptors (Lipinski definition) is 1. The van der Waals surface area contributed by atoms with Crippen molar-refractivity contribution in [2.45, 2.75) is 32.1 Å². The van der Waals surface area contributed by atoms with Gasteiger partial charge in [0, 0.05) is 16.6 Å². The zero-order chi connectivity index (χ0) is 10.4. The summed E-state index contributed by atoms with van der Waals surface area (Å²) in [6.45, 7) is 2.09. The Morgan fingerprint density at radius 3 is 2.93 bits per heavy atom. The van der Waals surface area contributed by atoms with E-state index in [1.807, 2.05) is 0 Å². The SMILES string of the molecule is Cc1nc(C2CCC2)n2ccc(Br)cc12. The van der Waals surface area contributed by atoms with Crippen molar-refractivity contribution in [2.24, 2.45) is 0 Å². The van der Waals surface area contributed by atoms with Gasteiger partial charge in [0.15, 0.2) is 0 Å². The van der Waals surface area contributed by atoms with E-state index in [0.717, 1.165) is 10.2 Å². The molecule has 0 spiro atoms. The van der Waals surface area contributed by atoms with Crippen molar-refractivity contribution >= 4 is 21.4 Å². The summed E-state index contributed by atoms with van der Waals surface area (Å²) in [5.41, 5.74) is 2.37. The highest BCUT2D eigenvalue weighted by Gasteiger charge is 2.24. The van der Waals surface area contributed by atoms with Gasteiger partial charge in [-0.25, -0.2) is 4.98 Å². The lowest BCUT2D eigenvalue weighted by Crippen LogP contribution is -2.12. The van der Waals surface area contributed by atoms with Crippen LogP contribution in [0.25, 0.3) is 5.52 Å². The van der Waals surface area contributed by atoms with E-state index in [1.165, 1.54) is 30.6 Å². The Labute approximate surface area is 97.5 Å². The second-order valence-electron chi connectivity index (χ2n) is 4.28. The number of aryl methyl sites for hydroxylation is 1. The molecule has 2 aromatic rings. The van der Waals surface area contributed by atoms with Crippen LogP contribution in [0.2, 0.25) is 0 Å². The third kappa shape index (κ3) is 1.41. The first-order chi connectivity index (χ1) is 7.25. The third-order valence-electron chi connectivity index (χ3n) is 3.29. The molecule has 1 fully saturated rings. The van der Waals surface area contributed by atoms with Crippen LogP contribution in [-0.2, 0) is 0 Å². The molecule has 0 atom stereocenters. The van der Waals surface area contributed by atoms with Gasteiger partial charge < -0.3 is 4.40 Å². The van der Waals surface area contributed by atoms with Gasteiger partial charge in [-0.1, -0.05) is 22.4 Å². The van der Waals surface area contributed by atoms with E-state index >= 15 is 0 Å². The Kier molecular flexibility index (Phi) is 2.09. The van der Waals surface area contributed by atoms with Crippen LogP contribution in [0.15, 0.2) is 22.8 Å². The van der Waals surface area contributed by atoms with Crippen LogP contribution in [-0.4, -0.2) is 9.38 Å². The van der Waals surface area contributed by atoms with Gasteiger partial charge >= 0.3 is 0 Å². The molecule has 0 saturated heterocycles. The van der Waals surface area contributed by atoms with Crippen molar-refractivity contribution < 1.29 is 0 Å². The predicted octanol–water partition coefficient (Wildman–Crippen LogP) is 3.67. The van der Waals surface area contributed by atoms with E-state index in [2.05, 4.69) is 45.6 Å². The molecule has 3 heteroatoms. The highest BCUT2D eigenvalue weighted by Crippen LogP contribution is 2.36. The Balaban J connectivity index is 2.22. The molecule has 1 aliphatic rings. The summed E-state index contributed by atoms with van der Waals surface area (Å²) in [6, 6.07) is 4.22. The van der Waals surface area contributed by atoms with Crippen molar-refractivity contribution in [2.75, 3.05) is 0 Å². The summed E-state index contributed by atoms with van der Waals surface area (Å²) in [7, 11) is 0. The van der Waals surface area contributed by atoms with Crippen molar-refractivity contribution in [3.8, 4) is 0 Å². The highest BCUT2D eigenvalue weighted by atomic mass is 79.9. The van der Waals surface area contributed by atoms with Gasteiger partial charge in [0.1, 0.15) is 5.82 Å². The van der Waals surface area contributed by atoms with Gasteiger partial charge in [-0.05, 0) is 31.9 Å². The normalized spacial score (nSPS) is 16.9. The molecule has 0 aliphatic heterocycles. The third-order valence-corrected chi connectivity index (χ3v) is 3.78. The van der Waals surface area contributed by atoms with Crippen molar-refractivity contribution in [3.05, 3.63) is 34.3 Å². The molecule has 0 amide bonds. The quantitative estimate of drug-likeness (QED) is 0.769. The highest BCUT2D eigenvalue weighted by molar-refractivity contribution is 9.10. The minimum absolute atomic E-state index is 0.687. The molecule has 0 bridgehead atoms. The Hall–Kier alpha value is -0.830. The van der Waals surface area contributed by atoms with E-state index < -0.39 is 0 Å². The number of pyridine rings is 1. The van der Waals surface area contributed by atoms with Crippen LogP contribution < -0.4 is 0 Å². The van der Waals surface area contributed by atoms with E-state index in [9.17, 15) is 0 Å².